The molecule has 0 heterocycles. The summed E-state index contributed by atoms with van der Waals surface area (Å²) in [6.45, 7) is 6.16. The number of carbonyl (C=O) groups excluding carboxylic acids is 3. The van der Waals surface area contributed by atoms with E-state index in [1.54, 1.807) is 0 Å². The molecule has 0 rings (SSSR count). The monoisotopic (exact) mass is 909 g/mol. The number of allylic oxidation sites excluding steroid dienone is 24. The van der Waals surface area contributed by atoms with Crippen LogP contribution in [0.25, 0.3) is 0 Å². The Hall–Kier alpha value is -4.71. The fourth-order valence-corrected chi connectivity index (χ4v) is 6.36. The first-order valence-corrected chi connectivity index (χ1v) is 25.9. The zero-order valence-electron chi connectivity index (χ0n) is 41.9. The lowest BCUT2D eigenvalue weighted by Crippen LogP contribution is -2.30. The molecule has 6 nitrogen and oxygen atoms in total. The third-order valence-corrected chi connectivity index (χ3v) is 10.1. The summed E-state index contributed by atoms with van der Waals surface area (Å²) in [7, 11) is 0. The van der Waals surface area contributed by atoms with Crippen LogP contribution < -0.4 is 0 Å². The molecule has 368 valence electrons. The number of hydrogen-bond donors (Lipinski definition) is 0. The van der Waals surface area contributed by atoms with E-state index < -0.39 is 6.10 Å². The van der Waals surface area contributed by atoms with Gasteiger partial charge in [0.25, 0.3) is 0 Å². The Morgan fingerprint density at radius 3 is 1.11 bits per heavy atom. The summed E-state index contributed by atoms with van der Waals surface area (Å²) in [5, 5.41) is 0. The van der Waals surface area contributed by atoms with Gasteiger partial charge in [0.2, 0.25) is 0 Å². The lowest BCUT2D eigenvalue weighted by atomic mass is 10.1. The molecule has 0 aromatic rings. The van der Waals surface area contributed by atoms with Crippen LogP contribution >= 0.6 is 0 Å². The molecule has 0 aromatic heterocycles. The highest BCUT2D eigenvalue weighted by Crippen LogP contribution is 2.12. The van der Waals surface area contributed by atoms with E-state index in [4.69, 9.17) is 14.2 Å². The van der Waals surface area contributed by atoms with Crippen molar-refractivity contribution in [3.8, 4) is 0 Å². The highest BCUT2D eigenvalue weighted by molar-refractivity contribution is 5.71. The van der Waals surface area contributed by atoms with Crippen LogP contribution in [0.2, 0.25) is 0 Å². The molecular weight excluding hydrogens is 817 g/mol. The Labute approximate surface area is 404 Å². The molecule has 0 aliphatic rings. The quantitative estimate of drug-likeness (QED) is 0.0199. The molecular formula is C60H92O6. The van der Waals surface area contributed by atoms with E-state index in [1.165, 1.54) is 12.8 Å². The topological polar surface area (TPSA) is 78.9 Å². The molecule has 0 aliphatic carbocycles. The molecule has 0 N–H and O–H groups in total. The summed E-state index contributed by atoms with van der Waals surface area (Å²) in [5.41, 5.74) is 0. The summed E-state index contributed by atoms with van der Waals surface area (Å²) < 4.78 is 16.7. The van der Waals surface area contributed by atoms with Gasteiger partial charge in [0, 0.05) is 19.3 Å². The third kappa shape index (κ3) is 50.3. The van der Waals surface area contributed by atoms with Crippen molar-refractivity contribution in [2.45, 2.75) is 200 Å². The highest BCUT2D eigenvalue weighted by Gasteiger charge is 2.19. The van der Waals surface area contributed by atoms with E-state index in [9.17, 15) is 14.4 Å². The van der Waals surface area contributed by atoms with Crippen LogP contribution in [0.5, 0.6) is 0 Å². The Morgan fingerprint density at radius 2 is 0.652 bits per heavy atom. The van der Waals surface area contributed by atoms with E-state index in [0.717, 1.165) is 135 Å². The van der Waals surface area contributed by atoms with Crippen molar-refractivity contribution in [2.24, 2.45) is 0 Å². The zero-order valence-corrected chi connectivity index (χ0v) is 41.9. The highest BCUT2D eigenvalue weighted by atomic mass is 16.6. The molecule has 0 aromatic carbocycles. The third-order valence-electron chi connectivity index (χ3n) is 10.1. The van der Waals surface area contributed by atoms with Gasteiger partial charge in [0.05, 0.1) is 0 Å². The summed E-state index contributed by atoms with van der Waals surface area (Å²) in [5.74, 6) is -1.06. The first-order chi connectivity index (χ1) is 32.5. The second kappa shape index (κ2) is 52.9. The Morgan fingerprint density at radius 1 is 0.318 bits per heavy atom. The largest absolute Gasteiger partial charge is 0.462 e. The van der Waals surface area contributed by atoms with E-state index in [1.807, 2.05) is 18.2 Å². The SMILES string of the molecule is CC/C=C/C=C/C=C/CCCCCCCC(=O)OCC(COC(=O)CC/C=C/C/C=C/C/C=C/C/C=C/C/C=C/C/C=C/CC)OC(=O)CCCCCCCC/C=C/C/C=C/C/C=C/CC. The number of unbranched alkanes of at least 4 members (excludes halogenated alkanes) is 11. The van der Waals surface area contributed by atoms with Crippen molar-refractivity contribution in [2.75, 3.05) is 13.2 Å². The number of carbonyl (C=O) groups is 3. The molecule has 1 atom stereocenters. The fraction of sp³-hybridized carbons (Fsp3) is 0.550. The van der Waals surface area contributed by atoms with Crippen molar-refractivity contribution in [3.05, 3.63) is 146 Å². The molecule has 6 heteroatoms. The van der Waals surface area contributed by atoms with E-state index in [-0.39, 0.29) is 44.0 Å². The van der Waals surface area contributed by atoms with Crippen LogP contribution in [0.1, 0.15) is 194 Å². The average molecular weight is 909 g/mol. The number of hydrogen-bond acceptors (Lipinski definition) is 6. The Kier molecular flexibility index (Phi) is 49.1. The van der Waals surface area contributed by atoms with Gasteiger partial charge in [-0.3, -0.25) is 14.4 Å². The molecule has 0 saturated heterocycles. The average Bonchev–Trinajstić information content (AvgIpc) is 3.31. The van der Waals surface area contributed by atoms with Gasteiger partial charge in [0.15, 0.2) is 6.10 Å². The minimum Gasteiger partial charge on any atom is -0.462 e. The van der Waals surface area contributed by atoms with Gasteiger partial charge in [-0.15, -0.1) is 0 Å². The minimum absolute atomic E-state index is 0.124. The summed E-state index contributed by atoms with van der Waals surface area (Å²) in [6.07, 6.45) is 75.5. The van der Waals surface area contributed by atoms with Crippen molar-refractivity contribution in [3.63, 3.8) is 0 Å². The summed E-state index contributed by atoms with van der Waals surface area (Å²) >= 11 is 0. The van der Waals surface area contributed by atoms with Crippen molar-refractivity contribution < 1.29 is 28.6 Å². The maximum Gasteiger partial charge on any atom is 0.306 e. The first kappa shape index (κ1) is 61.3. The van der Waals surface area contributed by atoms with Crippen LogP contribution in [0, 0.1) is 0 Å². The van der Waals surface area contributed by atoms with E-state index >= 15 is 0 Å². The van der Waals surface area contributed by atoms with Gasteiger partial charge < -0.3 is 14.2 Å². The van der Waals surface area contributed by atoms with Crippen molar-refractivity contribution in [1.82, 2.24) is 0 Å². The smallest absolute Gasteiger partial charge is 0.306 e. The lowest BCUT2D eigenvalue weighted by Gasteiger charge is -2.18. The van der Waals surface area contributed by atoms with Crippen LogP contribution in [-0.2, 0) is 28.6 Å². The number of ether oxygens (including phenoxy) is 3. The number of esters is 3. The van der Waals surface area contributed by atoms with Gasteiger partial charge in [-0.25, -0.2) is 0 Å². The second-order valence-corrected chi connectivity index (χ2v) is 16.3. The molecule has 0 amide bonds. The van der Waals surface area contributed by atoms with E-state index in [0.29, 0.717) is 12.8 Å². The standard InChI is InChI=1S/C60H92O6/c1-4-7-10-13-16-19-22-25-27-29-30-31-33-35-38-41-44-47-50-53-59(62)65-56-57(55-64-58(61)52-49-46-43-40-37-34-24-21-18-15-12-9-6-3)66-60(63)54-51-48-45-42-39-36-32-28-26-23-20-17-14-11-8-5-2/h7-12,15-21,24-28,30-31,35,38,44,47,57H,4-6,13-14,22-23,29,32-34,36-37,39-43,45-46,48-56H2,1-3H3/b10-7+,11-8+,12-9+,18-15+,19-16+,20-17+,24-21+,27-25+,28-26+,31-30+,38-35+,47-44+. The van der Waals surface area contributed by atoms with Crippen molar-refractivity contribution in [1.29, 1.82) is 0 Å². The lowest BCUT2D eigenvalue weighted by molar-refractivity contribution is -0.166. The molecule has 1 unspecified atom stereocenters. The van der Waals surface area contributed by atoms with Gasteiger partial charge in [-0.1, -0.05) is 212 Å². The zero-order chi connectivity index (χ0) is 47.9. The predicted octanol–water partition coefficient (Wildman–Crippen LogP) is 17.3. The predicted molar refractivity (Wildman–Crippen MR) is 283 cm³/mol. The van der Waals surface area contributed by atoms with Gasteiger partial charge in [-0.05, 0) is 109 Å². The van der Waals surface area contributed by atoms with Gasteiger partial charge >= 0.3 is 17.9 Å². The molecule has 66 heavy (non-hydrogen) atoms. The molecule has 0 aliphatic heterocycles. The first-order valence-electron chi connectivity index (χ1n) is 25.9. The second-order valence-electron chi connectivity index (χ2n) is 16.3. The van der Waals surface area contributed by atoms with Crippen LogP contribution in [0.4, 0.5) is 0 Å². The van der Waals surface area contributed by atoms with Crippen molar-refractivity contribution >= 4 is 17.9 Å². The summed E-state index contributed by atoms with van der Waals surface area (Å²) in [4.78, 5) is 38.0. The molecule has 0 fully saturated rings. The Bertz CT molecular complexity index is 1510. The van der Waals surface area contributed by atoms with Crippen LogP contribution in [0.3, 0.4) is 0 Å². The summed E-state index contributed by atoms with van der Waals surface area (Å²) in [6, 6.07) is 0. The maximum absolute atomic E-state index is 12.8. The number of rotatable bonds is 44. The van der Waals surface area contributed by atoms with Crippen LogP contribution in [-0.4, -0.2) is 37.2 Å². The van der Waals surface area contributed by atoms with Gasteiger partial charge in [-0.2, -0.15) is 0 Å². The molecule has 0 spiro atoms. The molecule has 0 bridgehead atoms. The fourth-order valence-electron chi connectivity index (χ4n) is 6.36. The molecule has 0 radical (unpaired) electrons. The minimum atomic E-state index is -0.830. The van der Waals surface area contributed by atoms with E-state index in [2.05, 4.69) is 148 Å². The van der Waals surface area contributed by atoms with Gasteiger partial charge in [0.1, 0.15) is 13.2 Å². The normalized spacial score (nSPS) is 13.3. The molecule has 0 saturated carbocycles. The Balaban J connectivity index is 4.58. The van der Waals surface area contributed by atoms with Crippen LogP contribution in [0.15, 0.2) is 146 Å². The maximum atomic E-state index is 12.8.